The molecule has 0 aliphatic carbocycles. The Kier molecular flexibility index (Phi) is 6.95. The normalized spacial score (nSPS) is 14.7. The van der Waals surface area contributed by atoms with E-state index in [9.17, 15) is 4.79 Å². The van der Waals surface area contributed by atoms with E-state index in [1.54, 1.807) is 7.11 Å². The summed E-state index contributed by atoms with van der Waals surface area (Å²) in [5.74, 6) is 1.68. The number of hydrogen-bond donors (Lipinski definition) is 0. The van der Waals surface area contributed by atoms with E-state index in [4.69, 9.17) is 4.74 Å². The molecule has 5 heteroatoms. The van der Waals surface area contributed by atoms with Crippen LogP contribution in [0.4, 0.5) is 0 Å². The highest BCUT2D eigenvalue weighted by Crippen LogP contribution is 2.27. The lowest BCUT2D eigenvalue weighted by atomic mass is 9.96. The van der Waals surface area contributed by atoms with Gasteiger partial charge in [0, 0.05) is 31.3 Å². The fourth-order valence-corrected chi connectivity index (χ4v) is 4.06. The summed E-state index contributed by atoms with van der Waals surface area (Å²) < 4.78 is 5.53. The fourth-order valence-electron chi connectivity index (χ4n) is 4.06. The first kappa shape index (κ1) is 21.8. The number of likely N-dealkylation sites (tertiary alicyclic amines) is 1. The van der Waals surface area contributed by atoms with E-state index in [0.717, 1.165) is 37.1 Å². The van der Waals surface area contributed by atoms with Crippen molar-refractivity contribution >= 4 is 12.0 Å². The fraction of sp³-hybridized carbons (Fsp3) is 0.296. The number of benzene rings is 2. The van der Waals surface area contributed by atoms with Crippen molar-refractivity contribution < 1.29 is 9.53 Å². The van der Waals surface area contributed by atoms with Gasteiger partial charge < -0.3 is 9.64 Å². The molecule has 1 aliphatic rings. The van der Waals surface area contributed by atoms with Crippen molar-refractivity contribution in [1.82, 2.24) is 14.9 Å². The van der Waals surface area contributed by atoms with Crippen molar-refractivity contribution in [1.29, 1.82) is 0 Å². The van der Waals surface area contributed by atoms with Gasteiger partial charge in [0.15, 0.2) is 5.82 Å². The minimum Gasteiger partial charge on any atom is -0.480 e. The third-order valence-electron chi connectivity index (χ3n) is 5.97. The summed E-state index contributed by atoms with van der Waals surface area (Å²) in [5.41, 5.74) is 4.34. The first-order valence-electron chi connectivity index (χ1n) is 11.1. The maximum atomic E-state index is 12.8. The SMILES string of the molecule is COc1nc(-c2ccccc2)ncc1C=C1CCN(C(=O)C[C@@H](C)c2ccccc2)CC1. The molecule has 32 heavy (non-hydrogen) atoms. The first-order chi connectivity index (χ1) is 15.6. The minimum absolute atomic E-state index is 0.227. The second kappa shape index (κ2) is 10.2. The molecule has 1 aromatic heterocycles. The van der Waals surface area contributed by atoms with E-state index < -0.39 is 0 Å². The lowest BCUT2D eigenvalue weighted by molar-refractivity contribution is -0.131. The molecule has 1 amide bonds. The van der Waals surface area contributed by atoms with Crippen molar-refractivity contribution in [2.75, 3.05) is 20.2 Å². The maximum absolute atomic E-state index is 12.8. The van der Waals surface area contributed by atoms with Gasteiger partial charge in [0.05, 0.1) is 12.7 Å². The van der Waals surface area contributed by atoms with Gasteiger partial charge in [0.25, 0.3) is 0 Å². The van der Waals surface area contributed by atoms with Gasteiger partial charge in [-0.3, -0.25) is 4.79 Å². The Labute approximate surface area is 189 Å². The van der Waals surface area contributed by atoms with Gasteiger partial charge in [-0.15, -0.1) is 0 Å². The van der Waals surface area contributed by atoms with Crippen LogP contribution in [-0.2, 0) is 4.79 Å². The predicted octanol–water partition coefficient (Wildman–Crippen LogP) is 5.35. The quantitative estimate of drug-likeness (QED) is 0.532. The molecule has 0 unspecified atom stereocenters. The van der Waals surface area contributed by atoms with Crippen LogP contribution >= 0.6 is 0 Å². The van der Waals surface area contributed by atoms with Crippen LogP contribution in [0, 0.1) is 0 Å². The van der Waals surface area contributed by atoms with Crippen molar-refractivity contribution in [3.63, 3.8) is 0 Å². The van der Waals surface area contributed by atoms with Crippen LogP contribution in [0.25, 0.3) is 17.5 Å². The summed E-state index contributed by atoms with van der Waals surface area (Å²) in [6.07, 6.45) is 6.19. The molecule has 2 aromatic carbocycles. The number of carbonyl (C=O) groups is 1. The number of carbonyl (C=O) groups excluding carboxylic acids is 1. The van der Waals surface area contributed by atoms with Gasteiger partial charge in [-0.25, -0.2) is 4.98 Å². The molecule has 1 atom stereocenters. The van der Waals surface area contributed by atoms with Crippen LogP contribution in [-0.4, -0.2) is 41.0 Å². The lowest BCUT2D eigenvalue weighted by Gasteiger charge is -2.29. The van der Waals surface area contributed by atoms with Crippen LogP contribution < -0.4 is 4.74 Å². The second-order valence-corrected chi connectivity index (χ2v) is 8.22. The number of hydrogen-bond acceptors (Lipinski definition) is 4. The van der Waals surface area contributed by atoms with Gasteiger partial charge in [0.2, 0.25) is 11.8 Å². The first-order valence-corrected chi connectivity index (χ1v) is 11.1. The molecule has 0 saturated carbocycles. The third-order valence-corrected chi connectivity index (χ3v) is 5.97. The summed E-state index contributed by atoms with van der Waals surface area (Å²) in [5, 5.41) is 0. The molecule has 2 heterocycles. The molecule has 1 aliphatic heterocycles. The van der Waals surface area contributed by atoms with E-state index in [-0.39, 0.29) is 11.8 Å². The molecule has 1 fully saturated rings. The highest BCUT2D eigenvalue weighted by atomic mass is 16.5. The van der Waals surface area contributed by atoms with Crippen LogP contribution in [0.2, 0.25) is 0 Å². The van der Waals surface area contributed by atoms with Crippen LogP contribution in [0.15, 0.2) is 72.4 Å². The van der Waals surface area contributed by atoms with Gasteiger partial charge >= 0.3 is 0 Å². The van der Waals surface area contributed by atoms with E-state index in [1.807, 2.05) is 59.6 Å². The largest absolute Gasteiger partial charge is 0.480 e. The number of ether oxygens (including phenoxy) is 1. The zero-order chi connectivity index (χ0) is 22.3. The number of nitrogens with zero attached hydrogens (tertiary/aromatic N) is 3. The van der Waals surface area contributed by atoms with Crippen molar-refractivity contribution in [3.8, 4) is 17.3 Å². The Morgan fingerprint density at radius 2 is 1.72 bits per heavy atom. The number of piperidine rings is 1. The predicted molar refractivity (Wildman–Crippen MR) is 127 cm³/mol. The molecule has 1 saturated heterocycles. The zero-order valence-electron chi connectivity index (χ0n) is 18.7. The van der Waals surface area contributed by atoms with Crippen LogP contribution in [0.3, 0.4) is 0 Å². The topological polar surface area (TPSA) is 55.3 Å². The van der Waals surface area contributed by atoms with Crippen LogP contribution in [0.5, 0.6) is 5.88 Å². The molecular formula is C27H29N3O2. The standard InChI is InChI=1S/C27H29N3O2/c1-20(22-9-5-3-6-10-22)17-25(31)30-15-13-21(14-16-30)18-24-19-28-26(29-27(24)32-2)23-11-7-4-8-12-23/h3-12,18-20H,13-17H2,1-2H3/t20-/m1/s1. The number of rotatable bonds is 6. The highest BCUT2D eigenvalue weighted by molar-refractivity contribution is 5.77. The Morgan fingerprint density at radius 1 is 1.06 bits per heavy atom. The van der Waals surface area contributed by atoms with Gasteiger partial charge in [-0.05, 0) is 30.4 Å². The minimum atomic E-state index is 0.227. The molecular weight excluding hydrogens is 398 g/mol. The molecule has 0 N–H and O–H groups in total. The van der Waals surface area contributed by atoms with E-state index in [0.29, 0.717) is 18.1 Å². The summed E-state index contributed by atoms with van der Waals surface area (Å²) in [6.45, 7) is 3.61. The molecule has 4 rings (SSSR count). The van der Waals surface area contributed by atoms with Crippen molar-refractivity contribution in [2.24, 2.45) is 0 Å². The molecule has 0 bridgehead atoms. The summed E-state index contributed by atoms with van der Waals surface area (Å²) in [4.78, 5) is 23.9. The van der Waals surface area contributed by atoms with Gasteiger partial charge in [-0.2, -0.15) is 4.98 Å². The highest BCUT2D eigenvalue weighted by Gasteiger charge is 2.21. The molecule has 3 aromatic rings. The van der Waals surface area contributed by atoms with Gasteiger partial charge in [0.1, 0.15) is 0 Å². The van der Waals surface area contributed by atoms with E-state index >= 15 is 0 Å². The maximum Gasteiger partial charge on any atom is 0.224 e. The third kappa shape index (κ3) is 5.22. The Morgan fingerprint density at radius 3 is 2.38 bits per heavy atom. The zero-order valence-corrected chi connectivity index (χ0v) is 18.7. The second-order valence-electron chi connectivity index (χ2n) is 8.22. The summed E-state index contributed by atoms with van der Waals surface area (Å²) >= 11 is 0. The number of methoxy groups -OCH3 is 1. The Bertz CT molecular complexity index is 1070. The molecule has 5 nitrogen and oxygen atoms in total. The number of amides is 1. The Balaban J connectivity index is 1.38. The van der Waals surface area contributed by atoms with Crippen molar-refractivity contribution in [2.45, 2.75) is 32.1 Å². The van der Waals surface area contributed by atoms with Crippen LogP contribution in [0.1, 0.15) is 43.2 Å². The average molecular weight is 428 g/mol. The summed E-state index contributed by atoms with van der Waals surface area (Å²) in [6, 6.07) is 20.1. The average Bonchev–Trinajstić information content (AvgIpc) is 2.85. The van der Waals surface area contributed by atoms with Crippen molar-refractivity contribution in [3.05, 3.63) is 83.6 Å². The summed E-state index contributed by atoms with van der Waals surface area (Å²) in [7, 11) is 1.63. The molecule has 0 spiro atoms. The van der Waals surface area contributed by atoms with E-state index in [1.165, 1.54) is 11.1 Å². The molecule has 164 valence electrons. The van der Waals surface area contributed by atoms with Gasteiger partial charge in [-0.1, -0.05) is 73.2 Å². The molecule has 0 radical (unpaired) electrons. The van der Waals surface area contributed by atoms with E-state index in [2.05, 4.69) is 35.1 Å². The monoisotopic (exact) mass is 427 g/mol. The smallest absolute Gasteiger partial charge is 0.224 e. The Hall–Kier alpha value is -3.47. The lowest BCUT2D eigenvalue weighted by Crippen LogP contribution is -2.36. The number of aromatic nitrogens is 2.